The molecule has 0 saturated heterocycles. The summed E-state index contributed by atoms with van der Waals surface area (Å²) in [4.78, 5) is 0. The fourth-order valence-electron chi connectivity index (χ4n) is 1.90. The minimum Gasteiger partial charge on any atom is -0.493 e. The van der Waals surface area contributed by atoms with Gasteiger partial charge in [-0.1, -0.05) is 0 Å². The van der Waals surface area contributed by atoms with Crippen LogP contribution in [0.4, 0.5) is 0 Å². The van der Waals surface area contributed by atoms with Crippen LogP contribution < -0.4 is 14.2 Å². The number of hydrogen-bond acceptors (Lipinski definition) is 6. The summed E-state index contributed by atoms with van der Waals surface area (Å²) in [6, 6.07) is 3.63. The molecule has 3 rings (SSSR count). The molecule has 0 fully saturated rings. The summed E-state index contributed by atoms with van der Waals surface area (Å²) < 4.78 is 18.6. The maximum atomic E-state index is 5.56. The van der Waals surface area contributed by atoms with Gasteiger partial charge in [-0.05, 0) is 36.6 Å². The molecule has 1 aromatic heterocycles. The van der Waals surface area contributed by atoms with Gasteiger partial charge in [-0.2, -0.15) is 9.78 Å². The fraction of sp³-hybridized carbons (Fsp3) is 0.250. The monoisotopic (exact) mass is 324 g/mol. The minimum absolute atomic E-state index is 0.390. The van der Waals surface area contributed by atoms with Gasteiger partial charge in [0.2, 0.25) is 15.3 Å². The normalized spacial score (nSPS) is 13.6. The molecule has 7 nitrogen and oxygen atoms in total. The van der Waals surface area contributed by atoms with E-state index in [0.29, 0.717) is 40.0 Å². The van der Waals surface area contributed by atoms with Crippen molar-refractivity contribution in [1.29, 1.82) is 0 Å². The number of methoxy groups -OCH3 is 1. The van der Waals surface area contributed by atoms with Crippen molar-refractivity contribution in [3.05, 3.63) is 27.2 Å². The number of fused-ring (bicyclic) bond motifs is 1. The molecule has 0 saturated carbocycles. The number of aromatic amines is 2. The molecule has 21 heavy (non-hydrogen) atoms. The molecule has 2 aromatic rings. The van der Waals surface area contributed by atoms with Crippen molar-refractivity contribution in [2.45, 2.75) is 0 Å². The van der Waals surface area contributed by atoms with Gasteiger partial charge in [-0.25, -0.2) is 0 Å². The van der Waals surface area contributed by atoms with E-state index in [9.17, 15) is 0 Å². The third kappa shape index (κ3) is 2.69. The standard InChI is InChI=1S/C12H12N4O3S2/c1-17-8-4-7(5-9-10(8)19-3-2-18-9)6-13-16-11(20)14-15-12(16)21/h4-6H,2-3H2,1H3,(H,14,20)(H,15,21)/b13-6-. The third-order valence-electron chi connectivity index (χ3n) is 2.83. The molecule has 2 heterocycles. The summed E-state index contributed by atoms with van der Waals surface area (Å²) >= 11 is 10.1. The van der Waals surface area contributed by atoms with Crippen molar-refractivity contribution in [1.82, 2.24) is 14.9 Å². The predicted molar refractivity (Wildman–Crippen MR) is 81.8 cm³/mol. The number of benzene rings is 1. The van der Waals surface area contributed by atoms with Crippen molar-refractivity contribution in [2.75, 3.05) is 20.3 Å². The molecule has 1 aromatic carbocycles. The highest BCUT2D eigenvalue weighted by atomic mass is 32.1. The van der Waals surface area contributed by atoms with E-state index in [1.807, 2.05) is 6.07 Å². The Morgan fingerprint density at radius 3 is 2.67 bits per heavy atom. The van der Waals surface area contributed by atoms with Crippen LogP contribution in [0.3, 0.4) is 0 Å². The van der Waals surface area contributed by atoms with Crippen molar-refractivity contribution >= 4 is 30.7 Å². The van der Waals surface area contributed by atoms with Gasteiger partial charge in [0.25, 0.3) is 0 Å². The fourth-order valence-corrected chi connectivity index (χ4v) is 2.34. The quantitative estimate of drug-likeness (QED) is 0.669. The molecule has 0 radical (unpaired) electrons. The molecule has 9 heteroatoms. The predicted octanol–water partition coefficient (Wildman–Crippen LogP) is 2.27. The van der Waals surface area contributed by atoms with E-state index in [-0.39, 0.29) is 0 Å². The van der Waals surface area contributed by atoms with Crippen LogP contribution in [0, 0.1) is 9.54 Å². The summed E-state index contributed by atoms with van der Waals surface area (Å²) in [5.74, 6) is 1.83. The summed E-state index contributed by atoms with van der Waals surface area (Å²) in [6.07, 6.45) is 1.62. The number of aromatic nitrogens is 3. The lowest BCUT2D eigenvalue weighted by atomic mass is 10.2. The van der Waals surface area contributed by atoms with E-state index < -0.39 is 0 Å². The Labute approximate surface area is 130 Å². The Morgan fingerprint density at radius 2 is 1.95 bits per heavy atom. The summed E-state index contributed by atoms with van der Waals surface area (Å²) in [5.41, 5.74) is 0.786. The van der Waals surface area contributed by atoms with Crippen LogP contribution in [0.5, 0.6) is 17.2 Å². The highest BCUT2D eigenvalue weighted by molar-refractivity contribution is 7.72. The molecule has 0 atom stereocenters. The maximum absolute atomic E-state index is 5.56. The van der Waals surface area contributed by atoms with Crippen LogP contribution in [0.2, 0.25) is 0 Å². The lowest BCUT2D eigenvalue weighted by molar-refractivity contribution is 0.165. The summed E-state index contributed by atoms with van der Waals surface area (Å²) in [6.45, 7) is 1.01. The first-order valence-electron chi connectivity index (χ1n) is 6.11. The third-order valence-corrected chi connectivity index (χ3v) is 3.38. The van der Waals surface area contributed by atoms with E-state index in [2.05, 4.69) is 15.3 Å². The Morgan fingerprint density at radius 1 is 1.24 bits per heavy atom. The Balaban J connectivity index is 2.00. The van der Waals surface area contributed by atoms with Gasteiger partial charge in [0.05, 0.1) is 13.3 Å². The van der Waals surface area contributed by atoms with Crippen LogP contribution in [-0.4, -0.2) is 41.4 Å². The number of nitrogens with one attached hydrogen (secondary N) is 2. The molecular weight excluding hydrogens is 312 g/mol. The molecule has 110 valence electrons. The van der Waals surface area contributed by atoms with E-state index in [1.165, 1.54) is 4.68 Å². The van der Waals surface area contributed by atoms with Crippen molar-refractivity contribution in [2.24, 2.45) is 5.10 Å². The molecule has 0 amide bonds. The smallest absolute Gasteiger partial charge is 0.215 e. The zero-order valence-electron chi connectivity index (χ0n) is 11.1. The lowest BCUT2D eigenvalue weighted by Gasteiger charge is -2.20. The topological polar surface area (TPSA) is 76.6 Å². The second-order valence-corrected chi connectivity index (χ2v) is 4.94. The molecule has 1 aliphatic rings. The van der Waals surface area contributed by atoms with Gasteiger partial charge < -0.3 is 14.2 Å². The molecule has 0 aliphatic carbocycles. The SMILES string of the molecule is COc1cc(/C=N\n2c(=S)[nH][nH]c2=S)cc2c1OCCO2. The van der Waals surface area contributed by atoms with Gasteiger partial charge in [0, 0.05) is 5.56 Å². The van der Waals surface area contributed by atoms with Crippen molar-refractivity contribution in [3.8, 4) is 17.2 Å². The number of hydrogen-bond donors (Lipinski definition) is 2. The van der Waals surface area contributed by atoms with Gasteiger partial charge in [-0.15, -0.1) is 0 Å². The first kappa shape index (κ1) is 13.8. The molecule has 2 N–H and O–H groups in total. The molecule has 0 bridgehead atoms. The van der Waals surface area contributed by atoms with Crippen molar-refractivity contribution in [3.63, 3.8) is 0 Å². The molecular formula is C12H12N4O3S2. The average Bonchev–Trinajstić information content (AvgIpc) is 2.83. The number of nitrogens with zero attached hydrogens (tertiary/aromatic N) is 2. The first-order chi connectivity index (χ1) is 10.2. The second kappa shape index (κ2) is 5.70. The second-order valence-electron chi connectivity index (χ2n) is 4.16. The van der Waals surface area contributed by atoms with E-state index >= 15 is 0 Å². The molecule has 0 spiro atoms. The Kier molecular flexibility index (Phi) is 3.76. The van der Waals surface area contributed by atoms with Crippen LogP contribution in [0.15, 0.2) is 17.2 Å². The van der Waals surface area contributed by atoms with E-state index in [1.54, 1.807) is 19.4 Å². The Bertz CT molecular complexity index is 761. The zero-order chi connectivity index (χ0) is 14.8. The number of ether oxygens (including phenoxy) is 3. The highest BCUT2D eigenvalue weighted by Crippen LogP contribution is 2.39. The van der Waals surface area contributed by atoms with E-state index in [0.717, 1.165) is 5.56 Å². The van der Waals surface area contributed by atoms with Crippen LogP contribution in [-0.2, 0) is 0 Å². The number of rotatable bonds is 3. The molecule has 1 aliphatic heterocycles. The van der Waals surface area contributed by atoms with Crippen LogP contribution >= 0.6 is 24.4 Å². The summed E-state index contributed by atoms with van der Waals surface area (Å²) in [7, 11) is 1.58. The van der Waals surface area contributed by atoms with Gasteiger partial charge in [0.1, 0.15) is 13.2 Å². The Hall–Kier alpha value is -2.13. The average molecular weight is 324 g/mol. The van der Waals surface area contributed by atoms with Gasteiger partial charge in [0.15, 0.2) is 11.5 Å². The number of H-pyrrole nitrogens is 2. The first-order valence-corrected chi connectivity index (χ1v) is 6.92. The highest BCUT2D eigenvalue weighted by Gasteiger charge is 2.17. The zero-order valence-corrected chi connectivity index (χ0v) is 12.7. The van der Waals surface area contributed by atoms with Crippen molar-refractivity contribution < 1.29 is 14.2 Å². The van der Waals surface area contributed by atoms with Gasteiger partial charge in [-0.3, -0.25) is 10.2 Å². The summed E-state index contributed by atoms with van der Waals surface area (Å²) in [5, 5.41) is 9.65. The largest absolute Gasteiger partial charge is 0.493 e. The van der Waals surface area contributed by atoms with E-state index in [4.69, 9.17) is 38.6 Å². The van der Waals surface area contributed by atoms with Gasteiger partial charge >= 0.3 is 0 Å². The van der Waals surface area contributed by atoms with Crippen LogP contribution in [0.1, 0.15) is 5.56 Å². The maximum Gasteiger partial charge on any atom is 0.215 e. The minimum atomic E-state index is 0.390. The lowest BCUT2D eigenvalue weighted by Crippen LogP contribution is -2.16. The van der Waals surface area contributed by atoms with Crippen LogP contribution in [0.25, 0.3) is 0 Å². The molecule has 0 unspecified atom stereocenters.